The van der Waals surface area contributed by atoms with Crippen LogP contribution in [0.5, 0.6) is 0 Å². The lowest BCUT2D eigenvalue weighted by atomic mass is 9.86. The normalized spacial score (nSPS) is 26.2. The van der Waals surface area contributed by atoms with E-state index in [0.717, 1.165) is 0 Å². The molecule has 0 bridgehead atoms. The summed E-state index contributed by atoms with van der Waals surface area (Å²) in [7, 11) is 1.71. The van der Waals surface area contributed by atoms with E-state index in [1.807, 2.05) is 20.8 Å². The van der Waals surface area contributed by atoms with Gasteiger partial charge in [0.05, 0.1) is 12.1 Å². The minimum Gasteiger partial charge on any atom is -0.391 e. The summed E-state index contributed by atoms with van der Waals surface area (Å²) in [5.74, 6) is -0.756. The molecule has 3 atom stereocenters. The van der Waals surface area contributed by atoms with Crippen molar-refractivity contribution in [3.05, 3.63) is 0 Å². The molecule has 1 heterocycles. The second-order valence-corrected chi connectivity index (χ2v) is 5.89. The molecular weight excluding hydrogens is 234 g/mol. The van der Waals surface area contributed by atoms with E-state index in [2.05, 4.69) is 5.32 Å². The van der Waals surface area contributed by atoms with Crippen LogP contribution < -0.4 is 11.1 Å². The Morgan fingerprint density at radius 2 is 2.00 bits per heavy atom. The number of rotatable bonds is 3. The first-order valence-electron chi connectivity index (χ1n) is 6.13. The largest absolute Gasteiger partial charge is 0.391 e. The highest BCUT2D eigenvalue weighted by Gasteiger charge is 2.42. The van der Waals surface area contributed by atoms with Crippen LogP contribution in [0.15, 0.2) is 0 Å². The predicted octanol–water partition coefficient (Wildman–Crippen LogP) is -0.932. The van der Waals surface area contributed by atoms with Gasteiger partial charge in [-0.2, -0.15) is 0 Å². The first-order chi connectivity index (χ1) is 8.18. The maximum Gasteiger partial charge on any atom is 0.241 e. The first-order valence-corrected chi connectivity index (χ1v) is 6.13. The highest BCUT2D eigenvalue weighted by atomic mass is 16.3. The summed E-state index contributed by atoms with van der Waals surface area (Å²) in [6.07, 6.45) is -0.453. The molecule has 1 rings (SSSR count). The van der Waals surface area contributed by atoms with Gasteiger partial charge >= 0.3 is 0 Å². The van der Waals surface area contributed by atoms with Crippen LogP contribution in [0.4, 0.5) is 0 Å². The Kier molecular flexibility index (Phi) is 4.34. The van der Waals surface area contributed by atoms with E-state index in [9.17, 15) is 14.7 Å². The maximum absolute atomic E-state index is 12.4. The molecule has 1 fully saturated rings. The molecule has 0 radical (unpaired) electrons. The van der Waals surface area contributed by atoms with Gasteiger partial charge in [-0.3, -0.25) is 9.59 Å². The van der Waals surface area contributed by atoms with Gasteiger partial charge in [0.2, 0.25) is 11.8 Å². The van der Waals surface area contributed by atoms with Crippen LogP contribution in [0.3, 0.4) is 0 Å². The van der Waals surface area contributed by atoms with E-state index >= 15 is 0 Å². The number of aliphatic hydroxyl groups excluding tert-OH is 1. The number of likely N-dealkylation sites (N-methyl/N-ethyl adjacent to an activating group) is 1. The molecule has 0 aromatic heterocycles. The number of aliphatic hydroxyl groups is 1. The smallest absolute Gasteiger partial charge is 0.241 e. The van der Waals surface area contributed by atoms with Gasteiger partial charge in [0.25, 0.3) is 0 Å². The molecule has 0 aromatic rings. The van der Waals surface area contributed by atoms with Crippen molar-refractivity contribution in [1.82, 2.24) is 10.2 Å². The van der Waals surface area contributed by atoms with Gasteiger partial charge in [-0.25, -0.2) is 0 Å². The fraction of sp³-hybridized carbons (Fsp3) is 0.833. The molecule has 0 aromatic carbocycles. The molecule has 104 valence electrons. The number of nitrogens with one attached hydrogen (secondary N) is 1. The minimum absolute atomic E-state index is 0.167. The Morgan fingerprint density at radius 3 is 2.39 bits per heavy atom. The number of hydrogen-bond donors (Lipinski definition) is 3. The van der Waals surface area contributed by atoms with Crippen molar-refractivity contribution < 1.29 is 14.7 Å². The van der Waals surface area contributed by atoms with E-state index < -0.39 is 24.1 Å². The van der Waals surface area contributed by atoms with Crippen molar-refractivity contribution in [2.24, 2.45) is 11.1 Å². The number of carbonyl (C=O) groups is 2. The fourth-order valence-electron chi connectivity index (χ4n) is 2.42. The molecule has 6 heteroatoms. The SMILES string of the molecule is CNC(C(=O)N1CC(O)CC1C(N)=O)C(C)(C)C. The lowest BCUT2D eigenvalue weighted by Crippen LogP contribution is -2.55. The molecule has 0 aliphatic carbocycles. The van der Waals surface area contributed by atoms with Gasteiger partial charge < -0.3 is 21.1 Å². The second-order valence-electron chi connectivity index (χ2n) is 5.89. The molecule has 1 aliphatic heterocycles. The summed E-state index contributed by atoms with van der Waals surface area (Å²) in [5, 5.41) is 12.6. The number of carbonyl (C=O) groups excluding carboxylic acids is 2. The third-order valence-electron chi connectivity index (χ3n) is 3.29. The Morgan fingerprint density at radius 1 is 1.44 bits per heavy atom. The molecule has 2 amide bonds. The van der Waals surface area contributed by atoms with Crippen LogP contribution in [0, 0.1) is 5.41 Å². The number of β-amino-alcohol motifs (C(OH)–C–C–N with tert-alkyl or cyclic N) is 1. The third kappa shape index (κ3) is 3.00. The molecule has 6 nitrogen and oxygen atoms in total. The summed E-state index contributed by atoms with van der Waals surface area (Å²) in [4.78, 5) is 25.1. The lowest BCUT2D eigenvalue weighted by molar-refractivity contribution is -0.141. The van der Waals surface area contributed by atoms with Crippen LogP contribution in [0.2, 0.25) is 0 Å². The van der Waals surface area contributed by atoms with Crippen molar-refractivity contribution in [3.8, 4) is 0 Å². The Labute approximate surface area is 108 Å². The maximum atomic E-state index is 12.4. The van der Waals surface area contributed by atoms with Gasteiger partial charge in [-0.1, -0.05) is 20.8 Å². The van der Waals surface area contributed by atoms with Gasteiger partial charge in [-0.05, 0) is 12.5 Å². The highest BCUT2D eigenvalue weighted by Crippen LogP contribution is 2.25. The van der Waals surface area contributed by atoms with Crippen LogP contribution in [0.1, 0.15) is 27.2 Å². The van der Waals surface area contributed by atoms with Crippen molar-refractivity contribution in [3.63, 3.8) is 0 Å². The van der Waals surface area contributed by atoms with Crippen LogP contribution in [-0.4, -0.2) is 53.6 Å². The summed E-state index contributed by atoms with van der Waals surface area (Å²) in [5.41, 5.74) is 5.00. The van der Waals surface area contributed by atoms with E-state index in [4.69, 9.17) is 5.73 Å². The summed E-state index contributed by atoms with van der Waals surface area (Å²) >= 11 is 0. The van der Waals surface area contributed by atoms with E-state index in [-0.39, 0.29) is 24.3 Å². The topological polar surface area (TPSA) is 95.7 Å². The zero-order chi connectivity index (χ0) is 14.1. The summed E-state index contributed by atoms with van der Waals surface area (Å²) in [6.45, 7) is 5.99. The quantitative estimate of drug-likeness (QED) is 0.608. The molecule has 0 spiro atoms. The van der Waals surface area contributed by atoms with Gasteiger partial charge in [0.15, 0.2) is 0 Å². The average Bonchev–Trinajstić information content (AvgIpc) is 2.59. The number of amides is 2. The number of nitrogens with two attached hydrogens (primary N) is 1. The summed E-state index contributed by atoms with van der Waals surface area (Å²) < 4.78 is 0. The fourth-order valence-corrected chi connectivity index (χ4v) is 2.42. The zero-order valence-electron chi connectivity index (χ0n) is 11.4. The number of nitrogens with zero attached hydrogens (tertiary/aromatic N) is 1. The van der Waals surface area contributed by atoms with E-state index in [1.54, 1.807) is 7.05 Å². The second kappa shape index (κ2) is 5.24. The van der Waals surface area contributed by atoms with Gasteiger partial charge in [0, 0.05) is 13.0 Å². The standard InChI is InChI=1S/C12H23N3O3/c1-12(2,3)9(14-4)11(18)15-6-7(16)5-8(15)10(13)17/h7-9,14,16H,5-6H2,1-4H3,(H2,13,17). The number of primary amides is 1. The number of likely N-dealkylation sites (tertiary alicyclic amines) is 1. The number of hydrogen-bond acceptors (Lipinski definition) is 4. The van der Waals surface area contributed by atoms with Crippen molar-refractivity contribution >= 4 is 11.8 Å². The molecule has 18 heavy (non-hydrogen) atoms. The van der Waals surface area contributed by atoms with Gasteiger partial charge in [0.1, 0.15) is 6.04 Å². The Bertz CT molecular complexity index is 338. The van der Waals surface area contributed by atoms with Crippen LogP contribution in [0.25, 0.3) is 0 Å². The minimum atomic E-state index is -0.703. The lowest BCUT2D eigenvalue weighted by Gasteiger charge is -2.34. The average molecular weight is 257 g/mol. The molecule has 0 saturated carbocycles. The van der Waals surface area contributed by atoms with Crippen LogP contribution >= 0.6 is 0 Å². The predicted molar refractivity (Wildman–Crippen MR) is 67.6 cm³/mol. The van der Waals surface area contributed by atoms with Crippen molar-refractivity contribution in [2.75, 3.05) is 13.6 Å². The van der Waals surface area contributed by atoms with Crippen molar-refractivity contribution in [1.29, 1.82) is 0 Å². The van der Waals surface area contributed by atoms with Gasteiger partial charge in [-0.15, -0.1) is 0 Å². The molecule has 1 aliphatic rings. The van der Waals surface area contributed by atoms with E-state index in [0.29, 0.717) is 0 Å². The Hall–Kier alpha value is -1.14. The monoisotopic (exact) mass is 257 g/mol. The first kappa shape index (κ1) is 14.9. The summed E-state index contributed by atoms with van der Waals surface area (Å²) in [6, 6.07) is -1.12. The molecule has 4 N–H and O–H groups in total. The van der Waals surface area contributed by atoms with E-state index in [1.165, 1.54) is 4.90 Å². The Balaban J connectivity index is 2.91. The third-order valence-corrected chi connectivity index (χ3v) is 3.29. The molecule has 1 saturated heterocycles. The molecular formula is C12H23N3O3. The molecule has 3 unspecified atom stereocenters. The van der Waals surface area contributed by atoms with Crippen LogP contribution in [-0.2, 0) is 9.59 Å². The zero-order valence-corrected chi connectivity index (χ0v) is 11.4. The highest BCUT2D eigenvalue weighted by molar-refractivity contribution is 5.90. The van der Waals surface area contributed by atoms with Crippen molar-refractivity contribution in [2.45, 2.75) is 45.4 Å².